The van der Waals surface area contributed by atoms with Gasteiger partial charge in [0.15, 0.2) is 5.13 Å². The van der Waals surface area contributed by atoms with Gasteiger partial charge in [-0.15, -0.1) is 11.3 Å². The van der Waals surface area contributed by atoms with Crippen LogP contribution in [0.4, 0.5) is 5.13 Å². The quantitative estimate of drug-likeness (QED) is 0.871. The summed E-state index contributed by atoms with van der Waals surface area (Å²) in [6, 6.07) is 3.26. The minimum atomic E-state index is -0.197. The Hall–Kier alpha value is -1.46. The molecule has 110 valence electrons. The third kappa shape index (κ3) is 3.24. The molecule has 0 saturated carbocycles. The zero-order valence-electron chi connectivity index (χ0n) is 11.7. The van der Waals surface area contributed by atoms with Crippen molar-refractivity contribution in [1.82, 2.24) is 9.97 Å². The molecular weight excluding hydrogens is 306 g/mol. The molecule has 2 heterocycles. The van der Waals surface area contributed by atoms with Crippen molar-refractivity contribution >= 4 is 34.0 Å². The van der Waals surface area contributed by atoms with E-state index in [1.54, 1.807) is 23.5 Å². The fraction of sp³-hybridized carbons (Fsp3) is 0.400. The summed E-state index contributed by atoms with van der Waals surface area (Å²) in [4.78, 5) is 21.9. The minimum absolute atomic E-state index is 0.197. The second-order valence-corrected chi connectivity index (χ2v) is 6.70. The van der Waals surface area contributed by atoms with Gasteiger partial charge in [0.1, 0.15) is 5.15 Å². The second kappa shape index (κ2) is 6.12. The molecule has 4 nitrogen and oxygen atoms in total. The zero-order chi connectivity index (χ0) is 14.8. The number of thiazole rings is 1. The molecule has 2 aromatic rings. The fourth-order valence-electron chi connectivity index (χ4n) is 2.52. The first-order chi connectivity index (χ1) is 10.2. The normalized spacial score (nSPS) is 17.3. The Bertz CT molecular complexity index is 653. The number of hydrogen-bond donors (Lipinski definition) is 1. The lowest BCUT2D eigenvalue weighted by molar-refractivity contribution is 0.102. The summed E-state index contributed by atoms with van der Waals surface area (Å²) in [7, 11) is 0. The number of nitrogens with one attached hydrogen (secondary N) is 1. The number of carbonyl (C=O) groups is 1. The van der Waals surface area contributed by atoms with Crippen LogP contribution in [0.5, 0.6) is 0 Å². The largest absolute Gasteiger partial charge is 0.298 e. The van der Waals surface area contributed by atoms with Crippen LogP contribution in [-0.2, 0) is 12.8 Å². The number of aromatic nitrogens is 2. The average molecular weight is 322 g/mol. The van der Waals surface area contributed by atoms with E-state index in [1.165, 1.54) is 23.9 Å². The maximum Gasteiger partial charge on any atom is 0.259 e. The van der Waals surface area contributed by atoms with Crippen LogP contribution in [0.3, 0.4) is 0 Å². The van der Waals surface area contributed by atoms with Crippen molar-refractivity contribution in [3.63, 3.8) is 0 Å². The van der Waals surface area contributed by atoms with Gasteiger partial charge in [-0.25, -0.2) is 9.97 Å². The highest BCUT2D eigenvalue weighted by Gasteiger charge is 2.22. The highest BCUT2D eigenvalue weighted by molar-refractivity contribution is 7.15. The molecule has 0 unspecified atom stereocenters. The van der Waals surface area contributed by atoms with Gasteiger partial charge in [0.2, 0.25) is 0 Å². The molecule has 1 N–H and O–H groups in total. The Kier molecular flexibility index (Phi) is 4.22. The van der Waals surface area contributed by atoms with Gasteiger partial charge in [-0.05, 0) is 37.3 Å². The van der Waals surface area contributed by atoms with Gasteiger partial charge < -0.3 is 0 Å². The van der Waals surface area contributed by atoms with Crippen LogP contribution in [0.25, 0.3) is 0 Å². The summed E-state index contributed by atoms with van der Waals surface area (Å²) in [6.45, 7) is 2.23. The molecule has 0 aliphatic heterocycles. The summed E-state index contributed by atoms with van der Waals surface area (Å²) in [5.74, 6) is 0.555. The molecule has 0 fully saturated rings. The Balaban J connectivity index is 1.72. The van der Waals surface area contributed by atoms with Crippen LogP contribution >= 0.6 is 22.9 Å². The lowest BCUT2D eigenvalue weighted by Crippen LogP contribution is -2.12. The predicted octanol–water partition coefficient (Wildman–Crippen LogP) is 3.96. The number of amides is 1. The molecule has 1 atom stereocenters. The van der Waals surface area contributed by atoms with Gasteiger partial charge in [0.05, 0.1) is 11.3 Å². The standard InChI is InChI=1S/C15H16ClN3OS/c1-2-9-3-5-11-12(7-9)21-15(18-11)19-14(20)10-4-6-13(16)17-8-10/h4,6,8-9H,2-3,5,7H2,1H3,(H,18,19,20)/t9-/m0/s1. The van der Waals surface area contributed by atoms with E-state index in [1.807, 2.05) is 0 Å². The molecule has 1 aliphatic rings. The Labute approximate surface area is 132 Å². The predicted molar refractivity (Wildman–Crippen MR) is 85.1 cm³/mol. The average Bonchev–Trinajstić information content (AvgIpc) is 2.88. The Morgan fingerprint density at radius 2 is 2.38 bits per heavy atom. The van der Waals surface area contributed by atoms with Gasteiger partial charge in [-0.1, -0.05) is 24.9 Å². The first kappa shape index (κ1) is 14.5. The van der Waals surface area contributed by atoms with E-state index >= 15 is 0 Å². The topological polar surface area (TPSA) is 54.9 Å². The van der Waals surface area contributed by atoms with Crippen LogP contribution in [0.1, 0.15) is 40.7 Å². The van der Waals surface area contributed by atoms with Crippen molar-refractivity contribution < 1.29 is 4.79 Å². The van der Waals surface area contributed by atoms with Crippen molar-refractivity contribution in [1.29, 1.82) is 0 Å². The van der Waals surface area contributed by atoms with Crippen molar-refractivity contribution in [2.24, 2.45) is 5.92 Å². The first-order valence-electron chi connectivity index (χ1n) is 7.07. The number of halogens is 1. The molecule has 0 saturated heterocycles. The molecule has 21 heavy (non-hydrogen) atoms. The molecule has 0 aromatic carbocycles. The van der Waals surface area contributed by atoms with E-state index in [0.29, 0.717) is 15.8 Å². The van der Waals surface area contributed by atoms with E-state index in [4.69, 9.17) is 11.6 Å². The summed E-state index contributed by atoms with van der Waals surface area (Å²) < 4.78 is 0. The number of fused-ring (bicyclic) bond motifs is 1. The molecule has 0 bridgehead atoms. The first-order valence-corrected chi connectivity index (χ1v) is 8.26. The van der Waals surface area contributed by atoms with E-state index in [9.17, 15) is 4.79 Å². The zero-order valence-corrected chi connectivity index (χ0v) is 13.3. The number of pyridine rings is 1. The fourth-order valence-corrected chi connectivity index (χ4v) is 3.75. The van der Waals surface area contributed by atoms with E-state index in [0.717, 1.165) is 24.5 Å². The second-order valence-electron chi connectivity index (χ2n) is 5.23. The van der Waals surface area contributed by atoms with Crippen LogP contribution in [-0.4, -0.2) is 15.9 Å². The van der Waals surface area contributed by atoms with E-state index in [-0.39, 0.29) is 5.91 Å². The third-order valence-corrected chi connectivity index (χ3v) is 5.09. The van der Waals surface area contributed by atoms with Crippen LogP contribution in [0, 0.1) is 5.92 Å². The van der Waals surface area contributed by atoms with Crippen molar-refractivity contribution in [3.8, 4) is 0 Å². The van der Waals surface area contributed by atoms with Crippen molar-refractivity contribution in [3.05, 3.63) is 39.6 Å². The van der Waals surface area contributed by atoms with Crippen molar-refractivity contribution in [2.45, 2.75) is 32.6 Å². The lowest BCUT2D eigenvalue weighted by atomic mass is 9.89. The molecule has 0 radical (unpaired) electrons. The van der Waals surface area contributed by atoms with Gasteiger partial charge in [0.25, 0.3) is 5.91 Å². The SMILES string of the molecule is CC[C@H]1CCc2nc(NC(=O)c3ccc(Cl)nc3)sc2C1. The highest BCUT2D eigenvalue weighted by Crippen LogP contribution is 2.33. The van der Waals surface area contributed by atoms with E-state index < -0.39 is 0 Å². The number of anilines is 1. The molecular formula is C15H16ClN3OS. The highest BCUT2D eigenvalue weighted by atomic mass is 35.5. The number of carbonyl (C=O) groups excluding carboxylic acids is 1. The van der Waals surface area contributed by atoms with Crippen LogP contribution < -0.4 is 5.32 Å². The number of rotatable bonds is 3. The Morgan fingerprint density at radius 3 is 3.10 bits per heavy atom. The Morgan fingerprint density at radius 1 is 1.52 bits per heavy atom. The summed E-state index contributed by atoms with van der Waals surface area (Å²) in [6.07, 6.45) is 5.97. The van der Waals surface area contributed by atoms with Crippen LogP contribution in [0.2, 0.25) is 5.15 Å². The summed E-state index contributed by atoms with van der Waals surface area (Å²) in [5.41, 5.74) is 1.63. The summed E-state index contributed by atoms with van der Waals surface area (Å²) >= 11 is 7.31. The number of hydrogen-bond acceptors (Lipinski definition) is 4. The molecule has 2 aromatic heterocycles. The van der Waals surface area contributed by atoms with Gasteiger partial charge >= 0.3 is 0 Å². The molecule has 6 heteroatoms. The monoisotopic (exact) mass is 321 g/mol. The molecule has 1 amide bonds. The number of aryl methyl sites for hydroxylation is 1. The third-order valence-electron chi connectivity index (χ3n) is 3.83. The summed E-state index contributed by atoms with van der Waals surface area (Å²) in [5, 5.41) is 3.91. The number of nitrogens with zero attached hydrogens (tertiary/aromatic N) is 2. The van der Waals surface area contributed by atoms with Gasteiger partial charge in [0, 0.05) is 11.1 Å². The maximum absolute atomic E-state index is 12.1. The van der Waals surface area contributed by atoms with Gasteiger partial charge in [-0.2, -0.15) is 0 Å². The maximum atomic E-state index is 12.1. The van der Waals surface area contributed by atoms with Crippen molar-refractivity contribution in [2.75, 3.05) is 5.32 Å². The molecule has 3 rings (SSSR count). The molecule has 1 aliphatic carbocycles. The van der Waals surface area contributed by atoms with Gasteiger partial charge in [-0.3, -0.25) is 10.1 Å². The lowest BCUT2D eigenvalue weighted by Gasteiger charge is -2.18. The van der Waals surface area contributed by atoms with Crippen LogP contribution in [0.15, 0.2) is 18.3 Å². The minimum Gasteiger partial charge on any atom is -0.298 e. The molecule has 0 spiro atoms. The van der Waals surface area contributed by atoms with E-state index in [2.05, 4.69) is 22.2 Å². The smallest absolute Gasteiger partial charge is 0.259 e.